The second-order valence-corrected chi connectivity index (χ2v) is 34.3. The zero-order chi connectivity index (χ0) is 75.4. The number of para-hydroxylation sites is 2. The Morgan fingerprint density at radius 1 is 0.637 bits per heavy atom. The Labute approximate surface area is 605 Å². The van der Waals surface area contributed by atoms with Gasteiger partial charge >= 0.3 is 30.1 Å². The van der Waals surface area contributed by atoms with Crippen molar-refractivity contribution in [2.75, 3.05) is 11.5 Å². The summed E-state index contributed by atoms with van der Waals surface area (Å²) in [5.41, 5.74) is -4.58. The number of aromatic hydroxyl groups is 1. The summed E-state index contributed by atoms with van der Waals surface area (Å²) in [5.74, 6) is -0.607. The van der Waals surface area contributed by atoms with Crippen molar-refractivity contribution < 1.29 is 93.2 Å². The number of hydrogen-bond acceptors (Lipinski definition) is 18. The van der Waals surface area contributed by atoms with Crippen molar-refractivity contribution in [3.8, 4) is 34.5 Å². The normalized spacial score (nSPS) is 20.8. The van der Waals surface area contributed by atoms with Crippen LogP contribution in [0.2, 0.25) is 0 Å². The number of fused-ring (bicyclic) bond motifs is 2. The van der Waals surface area contributed by atoms with Crippen LogP contribution in [0, 0.1) is 38.9 Å². The van der Waals surface area contributed by atoms with Crippen molar-refractivity contribution in [3.63, 3.8) is 0 Å². The van der Waals surface area contributed by atoms with Crippen LogP contribution in [0.4, 0.5) is 18.0 Å². The molecule has 5 aromatic carbocycles. The van der Waals surface area contributed by atoms with Gasteiger partial charge < -0.3 is 38.1 Å². The van der Waals surface area contributed by atoms with E-state index < -0.39 is 83.9 Å². The molecule has 3 atom stereocenters. The highest BCUT2D eigenvalue weighted by Crippen LogP contribution is 2.64. The van der Waals surface area contributed by atoms with Gasteiger partial charge in [0.1, 0.15) is 45.1 Å². The van der Waals surface area contributed by atoms with Crippen molar-refractivity contribution in [2.24, 2.45) is 38.9 Å². The van der Waals surface area contributed by atoms with Gasteiger partial charge in [-0.2, -0.15) is 13.2 Å². The molecule has 24 heteroatoms. The van der Waals surface area contributed by atoms with Crippen LogP contribution in [0.15, 0.2) is 142 Å². The molecule has 12 rings (SSSR count). The lowest BCUT2D eigenvalue weighted by atomic mass is 9.48. The number of phenols is 1. The number of alkyl halides is 3. The molecule has 7 aliphatic rings. The maximum atomic E-state index is 13.3. The van der Waals surface area contributed by atoms with E-state index in [0.29, 0.717) is 50.0 Å². The van der Waals surface area contributed by atoms with Gasteiger partial charge in [-0.25, -0.2) is 13.3 Å². The number of hydrogen-bond donors (Lipinski definition) is 1. The molecule has 6 fully saturated rings. The summed E-state index contributed by atoms with van der Waals surface area (Å²) in [7, 11) is -5.35. The van der Waals surface area contributed by atoms with Gasteiger partial charge in [-0.3, -0.25) is 33.6 Å². The summed E-state index contributed by atoms with van der Waals surface area (Å²) in [6.45, 7) is 24.3. The molecular weight excluding hydrogens is 1380 g/mol. The maximum absolute atomic E-state index is 13.3. The molecule has 102 heavy (non-hydrogen) atoms. The smallest absolute Gasteiger partial charge is 0.426 e. The molecule has 1 saturated heterocycles. The second-order valence-electron chi connectivity index (χ2n) is 30.0. The molecule has 5 aromatic rings. The number of amides is 3. The van der Waals surface area contributed by atoms with E-state index in [2.05, 4.69) is 66.3 Å². The number of thioether (sulfide) groups is 1. The number of nitrogens with zero attached hydrogens (tertiary/aromatic N) is 1. The van der Waals surface area contributed by atoms with Gasteiger partial charge in [-0.1, -0.05) is 102 Å². The number of esters is 4. The summed E-state index contributed by atoms with van der Waals surface area (Å²) >= 11 is 0.885. The van der Waals surface area contributed by atoms with Crippen LogP contribution in [-0.2, 0) is 59.3 Å². The quantitative estimate of drug-likeness (QED) is 0.0363. The minimum absolute atomic E-state index is 0.00100. The Balaban J connectivity index is 0.000000184. The van der Waals surface area contributed by atoms with Crippen LogP contribution in [0.5, 0.6) is 34.5 Å². The van der Waals surface area contributed by atoms with Gasteiger partial charge in [0.15, 0.2) is 16.4 Å². The monoisotopic (exact) mass is 1470 g/mol. The van der Waals surface area contributed by atoms with Crippen LogP contribution in [0.3, 0.4) is 0 Å². The largest absolute Gasteiger partial charge is 0.748 e. The van der Waals surface area contributed by atoms with Crippen molar-refractivity contribution in [2.45, 2.75) is 224 Å². The number of rotatable bonds is 18. The molecule has 3 unspecified atom stereocenters. The summed E-state index contributed by atoms with van der Waals surface area (Å²) in [6.07, 6.45) is 2.93. The molecule has 556 valence electrons. The van der Waals surface area contributed by atoms with Crippen molar-refractivity contribution >= 4 is 73.7 Å². The highest BCUT2D eigenvalue weighted by atomic mass is 32.2. The summed E-state index contributed by atoms with van der Waals surface area (Å²) in [6, 6.07) is 40.8. The van der Waals surface area contributed by atoms with Gasteiger partial charge in [0.25, 0.3) is 5.24 Å². The average molecular weight is 1470 g/mol. The van der Waals surface area contributed by atoms with Crippen LogP contribution < -0.4 is 18.9 Å². The van der Waals surface area contributed by atoms with Crippen molar-refractivity contribution in [1.82, 2.24) is 4.90 Å². The molecular formula is C78H98F3NO17S3. The van der Waals surface area contributed by atoms with E-state index in [1.165, 1.54) is 46.1 Å². The Morgan fingerprint density at radius 3 is 1.54 bits per heavy atom. The van der Waals surface area contributed by atoms with Crippen LogP contribution in [-0.4, -0.2) is 98.9 Å². The molecule has 0 spiro atoms. The molecule has 2 aliphatic heterocycles. The second kappa shape index (κ2) is 33.6. The number of carbonyl (C=O) groups is 7. The SMILES string of the molecule is CCC(C)(C)C(=O)N1C(=O)CSC1=O.CCC(C)(C)C(=O)OC12CC3CC(C1)CC(C(=O)OC(CS(=O)(=O)[O-])C(F)(F)F)(C3)C2.CCC(C)(C)C(=O)Oc1ccc(O)cc1.CCC(C)(C)C(=O)Oc1ccc(OC2(C)CCCCC2)cc1.c1ccc([S+]2c3ccccc3Oc3ccccc32)cc1. The van der Waals surface area contributed by atoms with Gasteiger partial charge in [0.2, 0.25) is 27.7 Å². The molecule has 0 aromatic heterocycles. The fourth-order valence-corrected chi connectivity index (χ4v) is 16.2. The van der Waals surface area contributed by atoms with E-state index >= 15 is 0 Å². The minimum atomic E-state index is -5.27. The first-order chi connectivity index (χ1) is 47.6. The molecule has 5 saturated carbocycles. The number of carbonyl (C=O) groups excluding carboxylic acids is 7. The molecule has 5 aliphatic carbocycles. The zero-order valence-electron chi connectivity index (χ0n) is 60.7. The third-order valence-corrected chi connectivity index (χ3v) is 24.0. The molecule has 3 amide bonds. The van der Waals surface area contributed by atoms with E-state index in [4.69, 9.17) is 28.8 Å². The first-order valence-electron chi connectivity index (χ1n) is 34.8. The van der Waals surface area contributed by atoms with E-state index in [-0.39, 0.29) is 64.1 Å². The molecule has 4 bridgehead atoms. The fourth-order valence-electron chi connectivity index (χ4n) is 12.7. The van der Waals surface area contributed by atoms with Crippen LogP contribution in [0.25, 0.3) is 0 Å². The third kappa shape index (κ3) is 21.4. The van der Waals surface area contributed by atoms with Crippen molar-refractivity contribution in [3.05, 3.63) is 127 Å². The lowest BCUT2D eigenvalue weighted by Crippen LogP contribution is -2.61. The topological polar surface area (TPSA) is 256 Å². The number of halogens is 3. The molecule has 1 N–H and O–H groups in total. The summed E-state index contributed by atoms with van der Waals surface area (Å²) < 4.78 is 106. The standard InChI is InChI=1S/C20H29F3O7S.C19H28O3.C18H13OS.C12H16O3.C9H13NO3S/c1-4-17(2,3)15(24)30-19-8-12-5-13(9-19)7-18(6-12,11-19)16(25)29-14(20(21,22)23)10-31(26,27)28;1-5-18(2,3)17(20)21-15-9-11-16(12-10-15)22-19(4)13-7-6-8-14-19;1-2-8-14(9-3-1)20-17-12-6-4-10-15(17)19-16-11-5-7-13-18(16)20;1-4-12(2,3)11(14)15-10-7-5-9(13)6-8-10;1-4-9(2,3)7(12)10-6(11)5-14-8(10)13/h12-14H,4-11H2,1-3H3,(H,26,27,28);9-12H,5-8,13-14H2,1-4H3;1-13H;5-8,13H,4H2,1-3H3;4-5H2,1-3H3/q;;+1;;/p-1. The van der Waals surface area contributed by atoms with Crippen LogP contribution >= 0.6 is 11.8 Å². The Morgan fingerprint density at radius 2 is 1.09 bits per heavy atom. The maximum Gasteiger partial charge on any atom is 0.426 e. The predicted molar refractivity (Wildman–Crippen MR) is 382 cm³/mol. The molecule has 18 nitrogen and oxygen atoms in total. The van der Waals surface area contributed by atoms with Gasteiger partial charge in [0.05, 0.1) is 43.3 Å². The number of phenolic OH excluding ortho intramolecular Hbond substituents is 1. The van der Waals surface area contributed by atoms with E-state index in [1.54, 1.807) is 39.8 Å². The number of benzene rings is 5. The minimum Gasteiger partial charge on any atom is -0.748 e. The first kappa shape index (κ1) is 81.9. The zero-order valence-corrected chi connectivity index (χ0v) is 63.1. The molecule has 2 heterocycles. The lowest BCUT2D eigenvalue weighted by molar-refractivity contribution is -0.239. The Bertz CT molecular complexity index is 3790. The van der Waals surface area contributed by atoms with Gasteiger partial charge in [0, 0.05) is 11.8 Å². The Hall–Kier alpha value is -7.41. The average Bonchev–Trinajstić information content (AvgIpc) is 0.782. The molecule has 0 radical (unpaired) electrons. The highest BCUT2D eigenvalue weighted by Gasteiger charge is 2.64. The van der Waals surface area contributed by atoms with Crippen molar-refractivity contribution in [1.29, 1.82) is 0 Å². The summed E-state index contributed by atoms with van der Waals surface area (Å²) in [5, 5.41) is 8.61. The highest BCUT2D eigenvalue weighted by molar-refractivity contribution is 8.14. The van der Waals surface area contributed by atoms with Gasteiger partial charge in [-0.15, -0.1) is 0 Å². The van der Waals surface area contributed by atoms with E-state index in [0.717, 1.165) is 66.0 Å². The van der Waals surface area contributed by atoms with Gasteiger partial charge in [-0.05, 0) is 229 Å². The van der Waals surface area contributed by atoms with E-state index in [1.807, 2.05) is 104 Å². The predicted octanol–water partition coefficient (Wildman–Crippen LogP) is 17.7. The Kier molecular flexibility index (Phi) is 27.0. The number of imide groups is 3. The van der Waals surface area contributed by atoms with Crippen LogP contribution in [0.1, 0.15) is 186 Å². The fraction of sp³-hybridized carbons (Fsp3) is 0.526. The number of ether oxygens (including phenoxy) is 6. The van der Waals surface area contributed by atoms with E-state index in [9.17, 15) is 59.7 Å². The summed E-state index contributed by atoms with van der Waals surface area (Å²) in [4.78, 5) is 88.3. The lowest BCUT2D eigenvalue weighted by Gasteiger charge is -2.60. The first-order valence-corrected chi connectivity index (χ1v) is 38.6. The third-order valence-electron chi connectivity index (χ3n) is 20.1.